The Bertz CT molecular complexity index is 1590. The molecule has 0 unspecified atom stereocenters. The summed E-state index contributed by atoms with van der Waals surface area (Å²) in [5.74, 6) is 0.821. The maximum absolute atomic E-state index is 14.2. The summed E-state index contributed by atoms with van der Waals surface area (Å²) in [6.07, 6.45) is 3.68. The smallest absolute Gasteiger partial charge is 0.256 e. The largest absolute Gasteiger partial charge is 0.497 e. The Labute approximate surface area is 219 Å². The van der Waals surface area contributed by atoms with Crippen LogP contribution >= 0.6 is 0 Å². The average molecular weight is 508 g/mol. The second-order valence-electron chi connectivity index (χ2n) is 9.13. The number of carbonyl (C=O) groups excluding carboxylic acids is 1. The van der Waals surface area contributed by atoms with E-state index in [0.29, 0.717) is 26.2 Å². The summed E-state index contributed by atoms with van der Waals surface area (Å²) < 4.78 is 21.6. The van der Waals surface area contributed by atoms with Crippen LogP contribution in [0.25, 0.3) is 27.8 Å². The molecule has 7 nitrogen and oxygen atoms in total. The Morgan fingerprint density at radius 3 is 2.29 bits per heavy atom. The van der Waals surface area contributed by atoms with Crippen molar-refractivity contribution < 1.29 is 13.9 Å². The van der Waals surface area contributed by atoms with Crippen LogP contribution in [0.1, 0.15) is 10.4 Å². The Morgan fingerprint density at radius 1 is 0.868 bits per heavy atom. The Hall–Kier alpha value is -4.72. The molecule has 1 amide bonds. The summed E-state index contributed by atoms with van der Waals surface area (Å²) in [5.41, 5.74) is 3.95. The van der Waals surface area contributed by atoms with Crippen LogP contribution in [0, 0.1) is 5.82 Å². The lowest BCUT2D eigenvalue weighted by Crippen LogP contribution is -2.49. The second-order valence-corrected chi connectivity index (χ2v) is 9.13. The van der Waals surface area contributed by atoms with Gasteiger partial charge in [0.15, 0.2) is 5.65 Å². The van der Waals surface area contributed by atoms with E-state index < -0.39 is 5.82 Å². The summed E-state index contributed by atoms with van der Waals surface area (Å²) >= 11 is 0. The molecule has 1 aliphatic heterocycles. The topological polar surface area (TPSA) is 63.5 Å². The van der Waals surface area contributed by atoms with E-state index in [0.717, 1.165) is 39.4 Å². The third-order valence-corrected chi connectivity index (χ3v) is 6.97. The van der Waals surface area contributed by atoms with Gasteiger partial charge < -0.3 is 19.1 Å². The van der Waals surface area contributed by atoms with Gasteiger partial charge in [-0.05, 0) is 42.0 Å². The van der Waals surface area contributed by atoms with E-state index in [-0.39, 0.29) is 11.5 Å². The Balaban J connectivity index is 1.37. The lowest BCUT2D eigenvalue weighted by atomic mass is 10.1. The average Bonchev–Trinajstić information content (AvgIpc) is 3.38. The monoisotopic (exact) mass is 507 g/mol. The first kappa shape index (κ1) is 23.7. The number of fused-ring (bicyclic) bond motifs is 1. The number of nitrogens with zero attached hydrogens (tertiary/aromatic N) is 5. The van der Waals surface area contributed by atoms with Gasteiger partial charge in [0, 0.05) is 43.6 Å². The molecule has 3 aromatic carbocycles. The number of ether oxygens (including phenoxy) is 1. The number of carbonyl (C=O) groups is 1. The zero-order chi connectivity index (χ0) is 26.1. The van der Waals surface area contributed by atoms with Crippen LogP contribution in [0.15, 0.2) is 91.4 Å². The molecule has 1 saturated heterocycles. The lowest BCUT2D eigenvalue weighted by molar-refractivity contribution is 0.0742. The van der Waals surface area contributed by atoms with Crippen molar-refractivity contribution >= 4 is 22.8 Å². The van der Waals surface area contributed by atoms with E-state index >= 15 is 0 Å². The molecule has 6 rings (SSSR count). The SMILES string of the molecule is COc1ccc(-n2cc(-c3ccccc3)c3c(N4CCN(C(=O)c5ccccc5F)CC4)ncnc32)cc1. The zero-order valence-electron chi connectivity index (χ0n) is 20.9. The molecule has 0 aliphatic carbocycles. The second kappa shape index (κ2) is 9.97. The summed E-state index contributed by atoms with van der Waals surface area (Å²) in [4.78, 5) is 26.2. The third kappa shape index (κ3) is 4.24. The van der Waals surface area contributed by atoms with E-state index in [4.69, 9.17) is 9.72 Å². The number of hydrogen-bond donors (Lipinski definition) is 0. The first-order valence-electron chi connectivity index (χ1n) is 12.5. The fraction of sp³-hybridized carbons (Fsp3) is 0.167. The minimum absolute atomic E-state index is 0.105. The Kier molecular flexibility index (Phi) is 6.21. The van der Waals surface area contributed by atoms with Crippen molar-refractivity contribution in [3.63, 3.8) is 0 Å². The molecule has 0 spiro atoms. The molecule has 8 heteroatoms. The summed E-state index contributed by atoms with van der Waals surface area (Å²) in [6.45, 7) is 2.10. The molecule has 5 aromatic rings. The third-order valence-electron chi connectivity index (χ3n) is 6.97. The fourth-order valence-electron chi connectivity index (χ4n) is 4.99. The quantitative estimate of drug-likeness (QED) is 0.327. The van der Waals surface area contributed by atoms with Crippen molar-refractivity contribution in [2.45, 2.75) is 0 Å². The summed E-state index contributed by atoms with van der Waals surface area (Å²) in [7, 11) is 1.65. The normalized spacial score (nSPS) is 13.6. The molecule has 1 fully saturated rings. The number of halogens is 1. The van der Waals surface area contributed by atoms with E-state index in [1.807, 2.05) is 42.5 Å². The molecule has 0 radical (unpaired) electrons. The minimum atomic E-state index is -0.496. The van der Waals surface area contributed by atoms with E-state index in [2.05, 4.69) is 32.8 Å². The fourth-order valence-corrected chi connectivity index (χ4v) is 4.99. The molecule has 3 heterocycles. The summed E-state index contributed by atoms with van der Waals surface area (Å²) in [5, 5.41) is 0.948. The predicted molar refractivity (Wildman–Crippen MR) is 145 cm³/mol. The van der Waals surface area contributed by atoms with E-state index in [9.17, 15) is 9.18 Å². The number of methoxy groups -OCH3 is 1. The van der Waals surface area contributed by atoms with Gasteiger partial charge in [-0.25, -0.2) is 14.4 Å². The van der Waals surface area contributed by atoms with Crippen LogP contribution in [0.3, 0.4) is 0 Å². The van der Waals surface area contributed by atoms with Crippen molar-refractivity contribution in [1.82, 2.24) is 19.4 Å². The van der Waals surface area contributed by atoms with E-state index in [1.54, 1.807) is 30.5 Å². The Morgan fingerprint density at radius 2 is 1.58 bits per heavy atom. The van der Waals surface area contributed by atoms with Crippen molar-refractivity contribution in [1.29, 1.82) is 0 Å². The van der Waals surface area contributed by atoms with Crippen LogP contribution in [-0.4, -0.2) is 58.6 Å². The highest BCUT2D eigenvalue weighted by Crippen LogP contribution is 2.37. The molecule has 0 bridgehead atoms. The highest BCUT2D eigenvalue weighted by molar-refractivity contribution is 6.02. The number of piperazine rings is 1. The number of benzene rings is 3. The van der Waals surface area contributed by atoms with Crippen LogP contribution in [0.5, 0.6) is 5.75 Å². The van der Waals surface area contributed by atoms with Gasteiger partial charge in [-0.1, -0.05) is 42.5 Å². The maximum atomic E-state index is 14.2. The van der Waals surface area contributed by atoms with Gasteiger partial charge >= 0.3 is 0 Å². The van der Waals surface area contributed by atoms with E-state index in [1.165, 1.54) is 12.1 Å². The highest BCUT2D eigenvalue weighted by Gasteiger charge is 2.27. The standard InChI is InChI=1S/C30H26FN5O2/c1-38-23-13-11-22(12-14-23)36-19-25(21-7-3-2-4-8-21)27-28(32-20-33-29(27)36)34-15-17-35(18-16-34)30(37)24-9-5-6-10-26(24)31/h2-14,19-20H,15-18H2,1H3. The number of amides is 1. The highest BCUT2D eigenvalue weighted by atomic mass is 19.1. The van der Waals surface area contributed by atoms with Crippen molar-refractivity contribution in [2.24, 2.45) is 0 Å². The van der Waals surface area contributed by atoms with Gasteiger partial charge in [0.05, 0.1) is 18.1 Å². The van der Waals surface area contributed by atoms with Crippen molar-refractivity contribution in [3.05, 3.63) is 103 Å². The van der Waals surface area contributed by atoms with Gasteiger partial charge in [-0.3, -0.25) is 4.79 Å². The van der Waals surface area contributed by atoms with Crippen LogP contribution in [-0.2, 0) is 0 Å². The zero-order valence-corrected chi connectivity index (χ0v) is 20.9. The van der Waals surface area contributed by atoms with Gasteiger partial charge in [0.2, 0.25) is 0 Å². The lowest BCUT2D eigenvalue weighted by Gasteiger charge is -2.35. The van der Waals surface area contributed by atoms with Crippen molar-refractivity contribution in [3.8, 4) is 22.6 Å². The molecule has 0 atom stereocenters. The molecule has 2 aromatic heterocycles. The molecule has 1 aliphatic rings. The van der Waals surface area contributed by atoms with Gasteiger partial charge in [0.25, 0.3) is 5.91 Å². The number of rotatable bonds is 5. The summed E-state index contributed by atoms with van der Waals surface area (Å²) in [6, 6.07) is 24.2. The maximum Gasteiger partial charge on any atom is 0.256 e. The van der Waals surface area contributed by atoms with Gasteiger partial charge in [-0.15, -0.1) is 0 Å². The van der Waals surface area contributed by atoms with Crippen LogP contribution < -0.4 is 9.64 Å². The van der Waals surface area contributed by atoms with Gasteiger partial charge in [-0.2, -0.15) is 0 Å². The number of anilines is 1. The number of hydrogen-bond acceptors (Lipinski definition) is 5. The number of aromatic nitrogens is 3. The molecule has 0 saturated carbocycles. The van der Waals surface area contributed by atoms with Crippen LogP contribution in [0.4, 0.5) is 10.2 Å². The molecular weight excluding hydrogens is 481 g/mol. The van der Waals surface area contributed by atoms with Crippen LogP contribution in [0.2, 0.25) is 0 Å². The van der Waals surface area contributed by atoms with Crippen molar-refractivity contribution in [2.75, 3.05) is 38.2 Å². The molecular formula is C30H26FN5O2. The van der Waals surface area contributed by atoms with Gasteiger partial charge in [0.1, 0.15) is 23.7 Å². The predicted octanol–water partition coefficient (Wildman–Crippen LogP) is 5.20. The first-order valence-corrected chi connectivity index (χ1v) is 12.5. The first-order chi connectivity index (χ1) is 18.6. The molecule has 190 valence electrons. The molecule has 38 heavy (non-hydrogen) atoms. The minimum Gasteiger partial charge on any atom is -0.497 e. The molecule has 0 N–H and O–H groups in total.